The van der Waals surface area contributed by atoms with E-state index in [0.717, 1.165) is 43.3 Å². The lowest BCUT2D eigenvalue weighted by atomic mass is 9.99. The van der Waals surface area contributed by atoms with Crippen LogP contribution < -0.4 is 19.7 Å². The average molecular weight is 412 g/mol. The highest BCUT2D eigenvalue weighted by atomic mass is 16.6. The van der Waals surface area contributed by atoms with Gasteiger partial charge in [-0.05, 0) is 37.6 Å². The number of carbonyl (C=O) groups excluding carboxylic acids is 1. The van der Waals surface area contributed by atoms with Crippen LogP contribution in [0.1, 0.15) is 40.6 Å². The van der Waals surface area contributed by atoms with Gasteiger partial charge in [0.1, 0.15) is 24.9 Å². The smallest absolute Gasteiger partial charge is 0.254 e. The lowest BCUT2D eigenvalue weighted by Crippen LogP contribution is -2.31. The predicted octanol–water partition coefficient (Wildman–Crippen LogP) is 2.05. The number of benzene rings is 1. The molecule has 30 heavy (non-hydrogen) atoms. The first-order valence-corrected chi connectivity index (χ1v) is 10.4. The van der Waals surface area contributed by atoms with Gasteiger partial charge in [-0.25, -0.2) is 9.97 Å². The van der Waals surface area contributed by atoms with Gasteiger partial charge in [0.15, 0.2) is 11.5 Å². The topological polar surface area (TPSA) is 79.8 Å². The Morgan fingerprint density at radius 2 is 1.93 bits per heavy atom. The summed E-state index contributed by atoms with van der Waals surface area (Å²) in [6, 6.07) is 7.26. The van der Waals surface area contributed by atoms with Crippen molar-refractivity contribution < 1.29 is 14.3 Å². The van der Waals surface area contributed by atoms with Gasteiger partial charge in [-0.2, -0.15) is 0 Å². The number of hydrogen-bond donors (Lipinski definition) is 1. The van der Waals surface area contributed by atoms with Crippen molar-refractivity contribution in [1.82, 2.24) is 20.2 Å². The van der Waals surface area contributed by atoms with E-state index in [0.29, 0.717) is 42.7 Å². The molecule has 8 heteroatoms. The highest BCUT2D eigenvalue weighted by Gasteiger charge is 2.22. The summed E-state index contributed by atoms with van der Waals surface area (Å²) >= 11 is 0. The van der Waals surface area contributed by atoms with Crippen molar-refractivity contribution in [3.8, 4) is 11.5 Å². The largest absolute Gasteiger partial charge is 0.486 e. The quantitative estimate of drug-likeness (QED) is 0.807. The first-order chi connectivity index (χ1) is 14.5. The summed E-state index contributed by atoms with van der Waals surface area (Å²) in [5.41, 5.74) is 1.41. The van der Waals surface area contributed by atoms with Crippen LogP contribution in [-0.2, 0) is 6.54 Å². The Balaban J connectivity index is 1.53. The summed E-state index contributed by atoms with van der Waals surface area (Å²) in [4.78, 5) is 26.2. The number of aromatic nitrogens is 2. The Hall–Kier alpha value is -2.87. The van der Waals surface area contributed by atoms with Crippen molar-refractivity contribution in [3.63, 3.8) is 0 Å². The van der Waals surface area contributed by atoms with Crippen LogP contribution in [0.15, 0.2) is 24.3 Å². The first-order valence-electron chi connectivity index (χ1n) is 10.4. The van der Waals surface area contributed by atoms with Crippen LogP contribution in [0.4, 0.5) is 5.82 Å². The summed E-state index contributed by atoms with van der Waals surface area (Å²) in [7, 11) is 5.73. The highest BCUT2D eigenvalue weighted by Crippen LogP contribution is 2.31. The molecule has 0 unspecified atom stereocenters. The summed E-state index contributed by atoms with van der Waals surface area (Å²) in [6.45, 7) is 3.37. The number of nitrogens with zero attached hydrogens (tertiary/aromatic N) is 4. The van der Waals surface area contributed by atoms with E-state index in [-0.39, 0.29) is 5.91 Å². The molecule has 1 amide bonds. The van der Waals surface area contributed by atoms with Crippen LogP contribution in [-0.4, -0.2) is 68.2 Å². The van der Waals surface area contributed by atoms with Gasteiger partial charge >= 0.3 is 0 Å². The second-order valence-electron chi connectivity index (χ2n) is 8.03. The molecule has 1 fully saturated rings. The molecule has 160 valence electrons. The number of fused-ring (bicyclic) bond motifs is 1. The number of hydrogen-bond acceptors (Lipinski definition) is 7. The third-order valence-corrected chi connectivity index (χ3v) is 5.44. The van der Waals surface area contributed by atoms with Crippen molar-refractivity contribution in [2.45, 2.75) is 25.3 Å². The Morgan fingerprint density at radius 1 is 1.13 bits per heavy atom. The number of carbonyl (C=O) groups is 1. The first kappa shape index (κ1) is 20.4. The third kappa shape index (κ3) is 4.48. The number of anilines is 1. The summed E-state index contributed by atoms with van der Waals surface area (Å²) < 4.78 is 11.2. The van der Waals surface area contributed by atoms with Gasteiger partial charge in [0.25, 0.3) is 5.91 Å². The number of ether oxygens (including phenoxy) is 2. The zero-order valence-electron chi connectivity index (χ0n) is 17.9. The van der Waals surface area contributed by atoms with E-state index in [2.05, 4.69) is 5.32 Å². The van der Waals surface area contributed by atoms with E-state index in [1.54, 1.807) is 30.1 Å². The van der Waals surface area contributed by atoms with Gasteiger partial charge in [0, 0.05) is 45.2 Å². The van der Waals surface area contributed by atoms with Crippen LogP contribution in [0.25, 0.3) is 0 Å². The zero-order chi connectivity index (χ0) is 21.1. The van der Waals surface area contributed by atoms with E-state index >= 15 is 0 Å². The Labute approximate surface area is 177 Å². The van der Waals surface area contributed by atoms with Gasteiger partial charge in [-0.1, -0.05) is 0 Å². The SMILES string of the molecule is CN(Cc1cc(N(C)C)nc([C@@H]2CCCNC2)n1)C(=O)c1ccc2c(c1)OCCO2. The van der Waals surface area contributed by atoms with Crippen molar-refractivity contribution >= 4 is 11.7 Å². The molecule has 4 rings (SSSR count). The number of nitrogens with one attached hydrogen (secondary N) is 1. The summed E-state index contributed by atoms with van der Waals surface area (Å²) in [6.07, 6.45) is 2.20. The number of piperidine rings is 1. The molecular weight excluding hydrogens is 382 g/mol. The molecule has 1 saturated heterocycles. The summed E-state index contributed by atoms with van der Waals surface area (Å²) in [5.74, 6) is 3.22. The number of amides is 1. The van der Waals surface area contributed by atoms with Gasteiger partial charge in [-0.15, -0.1) is 0 Å². The Bertz CT molecular complexity index is 912. The minimum absolute atomic E-state index is 0.0853. The van der Waals surface area contributed by atoms with Gasteiger partial charge in [0.2, 0.25) is 0 Å². The monoisotopic (exact) mass is 411 g/mol. The van der Waals surface area contributed by atoms with Crippen molar-refractivity contribution in [1.29, 1.82) is 0 Å². The maximum Gasteiger partial charge on any atom is 0.254 e. The van der Waals surface area contributed by atoms with Gasteiger partial charge < -0.3 is 24.6 Å². The van der Waals surface area contributed by atoms with Crippen LogP contribution in [0, 0.1) is 0 Å². The fraction of sp³-hybridized carbons (Fsp3) is 0.500. The third-order valence-electron chi connectivity index (χ3n) is 5.44. The molecule has 2 aliphatic rings. The fourth-order valence-corrected chi connectivity index (χ4v) is 3.78. The minimum atomic E-state index is -0.0853. The van der Waals surface area contributed by atoms with E-state index in [9.17, 15) is 4.79 Å². The molecule has 0 saturated carbocycles. The zero-order valence-corrected chi connectivity index (χ0v) is 17.9. The molecule has 8 nitrogen and oxygen atoms in total. The lowest BCUT2D eigenvalue weighted by molar-refractivity contribution is 0.0782. The fourth-order valence-electron chi connectivity index (χ4n) is 3.78. The van der Waals surface area contributed by atoms with E-state index < -0.39 is 0 Å². The maximum absolute atomic E-state index is 13.0. The van der Waals surface area contributed by atoms with Crippen molar-refractivity contribution in [2.75, 3.05) is 52.3 Å². The van der Waals surface area contributed by atoms with Gasteiger partial charge in [0.05, 0.1) is 12.2 Å². The molecule has 0 spiro atoms. The molecule has 3 heterocycles. The van der Waals surface area contributed by atoms with Crippen LogP contribution in [0.2, 0.25) is 0 Å². The standard InChI is InChI=1S/C22H29N5O3/c1-26(2)20-12-17(24-21(25-20)16-5-4-8-23-13-16)14-27(3)22(28)15-6-7-18-19(11-15)30-10-9-29-18/h6-7,11-12,16,23H,4-5,8-10,13-14H2,1-3H3/t16-/m1/s1. The summed E-state index contributed by atoms with van der Waals surface area (Å²) in [5, 5.41) is 3.43. The van der Waals surface area contributed by atoms with E-state index in [1.165, 1.54) is 0 Å². The van der Waals surface area contributed by atoms with Crippen LogP contribution in [0.3, 0.4) is 0 Å². The molecule has 2 aliphatic heterocycles. The second kappa shape index (κ2) is 8.87. The minimum Gasteiger partial charge on any atom is -0.486 e. The molecule has 0 radical (unpaired) electrons. The molecule has 1 atom stereocenters. The highest BCUT2D eigenvalue weighted by molar-refractivity contribution is 5.94. The molecular formula is C22H29N5O3. The average Bonchev–Trinajstić information content (AvgIpc) is 2.78. The van der Waals surface area contributed by atoms with E-state index in [4.69, 9.17) is 19.4 Å². The number of rotatable bonds is 5. The second-order valence-corrected chi connectivity index (χ2v) is 8.03. The molecule has 1 aromatic carbocycles. The van der Waals surface area contributed by atoms with Crippen molar-refractivity contribution in [2.24, 2.45) is 0 Å². The molecule has 2 aromatic rings. The van der Waals surface area contributed by atoms with Crippen LogP contribution >= 0.6 is 0 Å². The van der Waals surface area contributed by atoms with Crippen LogP contribution in [0.5, 0.6) is 11.5 Å². The van der Waals surface area contributed by atoms with Crippen molar-refractivity contribution in [3.05, 3.63) is 41.3 Å². The lowest BCUT2D eigenvalue weighted by Gasteiger charge is -2.24. The molecule has 1 N–H and O–H groups in total. The molecule has 0 aliphatic carbocycles. The Kier molecular flexibility index (Phi) is 6.03. The Morgan fingerprint density at radius 3 is 2.67 bits per heavy atom. The van der Waals surface area contributed by atoms with Gasteiger partial charge in [-0.3, -0.25) is 4.79 Å². The molecule has 1 aromatic heterocycles. The molecule has 0 bridgehead atoms. The predicted molar refractivity (Wildman–Crippen MR) is 114 cm³/mol. The normalized spacial score (nSPS) is 18.0. The maximum atomic E-state index is 13.0. The van der Waals surface area contributed by atoms with E-state index in [1.807, 2.05) is 25.1 Å².